The number of amides is 1. The van der Waals surface area contributed by atoms with Crippen LogP contribution in [0.25, 0.3) is 6.08 Å². The minimum atomic E-state index is -4.40. The molecule has 0 bridgehead atoms. The third-order valence-electron chi connectivity index (χ3n) is 4.26. The Bertz CT molecular complexity index is 647. The number of hydrogen-bond donors (Lipinski definition) is 1. The molecule has 2 rings (SSSR count). The van der Waals surface area contributed by atoms with E-state index in [2.05, 4.69) is 5.32 Å². The van der Waals surface area contributed by atoms with Gasteiger partial charge in [0, 0.05) is 12.1 Å². The summed E-state index contributed by atoms with van der Waals surface area (Å²) in [5.74, 6) is -1.07. The molecule has 0 aliphatic heterocycles. The van der Waals surface area contributed by atoms with Crippen molar-refractivity contribution in [2.75, 3.05) is 0 Å². The third-order valence-corrected chi connectivity index (χ3v) is 4.26. The standard InChI is InChI=1S/C19H22F3NO3/c1-13(18(25)23-16-5-3-2-4-6-16)26-17(24)12-9-14-7-10-15(11-8-14)19(20,21)22/h7-13,16H,2-6H2,1H3,(H,23,25)/b12-9+/t13-/m0/s1. The predicted octanol–water partition coefficient (Wildman–Crippen LogP) is 4.10. The maximum atomic E-state index is 12.5. The minimum absolute atomic E-state index is 0.125. The molecule has 0 spiro atoms. The van der Waals surface area contributed by atoms with Gasteiger partial charge in [0.2, 0.25) is 0 Å². The lowest BCUT2D eigenvalue weighted by atomic mass is 9.95. The zero-order valence-electron chi connectivity index (χ0n) is 14.5. The van der Waals surface area contributed by atoms with Crippen LogP contribution in [0, 0.1) is 0 Å². The lowest BCUT2D eigenvalue weighted by Gasteiger charge is -2.24. The Morgan fingerprint density at radius 2 is 1.77 bits per heavy atom. The Kier molecular flexibility index (Phi) is 6.83. The zero-order valence-corrected chi connectivity index (χ0v) is 14.5. The Morgan fingerprint density at radius 3 is 2.35 bits per heavy atom. The third kappa shape index (κ3) is 6.20. The van der Waals surface area contributed by atoms with Crippen LogP contribution >= 0.6 is 0 Å². The number of hydrogen-bond acceptors (Lipinski definition) is 3. The summed E-state index contributed by atoms with van der Waals surface area (Å²) < 4.78 is 42.5. The first-order valence-corrected chi connectivity index (χ1v) is 8.62. The highest BCUT2D eigenvalue weighted by atomic mass is 19.4. The highest BCUT2D eigenvalue weighted by molar-refractivity contribution is 5.90. The van der Waals surface area contributed by atoms with Crippen LogP contribution in [-0.4, -0.2) is 24.0 Å². The Morgan fingerprint density at radius 1 is 1.15 bits per heavy atom. The molecule has 4 nitrogen and oxygen atoms in total. The molecule has 0 unspecified atom stereocenters. The van der Waals surface area contributed by atoms with Crippen molar-refractivity contribution in [3.8, 4) is 0 Å². The van der Waals surface area contributed by atoms with E-state index in [9.17, 15) is 22.8 Å². The number of rotatable bonds is 5. The molecule has 1 amide bonds. The number of esters is 1. The lowest BCUT2D eigenvalue weighted by Crippen LogP contribution is -2.42. The van der Waals surface area contributed by atoms with E-state index in [-0.39, 0.29) is 11.9 Å². The molecule has 1 saturated carbocycles. The molecular weight excluding hydrogens is 347 g/mol. The molecule has 1 fully saturated rings. The van der Waals surface area contributed by atoms with Crippen LogP contribution in [0.4, 0.5) is 13.2 Å². The van der Waals surface area contributed by atoms with Crippen molar-refractivity contribution in [3.63, 3.8) is 0 Å². The van der Waals surface area contributed by atoms with Crippen molar-refractivity contribution < 1.29 is 27.5 Å². The molecule has 26 heavy (non-hydrogen) atoms. The summed E-state index contributed by atoms with van der Waals surface area (Å²) in [6.45, 7) is 1.49. The van der Waals surface area contributed by atoms with Crippen LogP contribution in [0.5, 0.6) is 0 Å². The van der Waals surface area contributed by atoms with Crippen LogP contribution in [0.1, 0.15) is 50.2 Å². The number of carbonyl (C=O) groups excluding carboxylic acids is 2. The molecule has 0 heterocycles. The van der Waals surface area contributed by atoms with Crippen LogP contribution in [0.2, 0.25) is 0 Å². The summed E-state index contributed by atoms with van der Waals surface area (Å²) in [5, 5.41) is 2.87. The molecule has 1 aromatic carbocycles. The largest absolute Gasteiger partial charge is 0.449 e. The van der Waals surface area contributed by atoms with Gasteiger partial charge in [-0.1, -0.05) is 31.4 Å². The predicted molar refractivity (Wildman–Crippen MR) is 91.0 cm³/mol. The van der Waals surface area contributed by atoms with Gasteiger partial charge < -0.3 is 10.1 Å². The summed E-state index contributed by atoms with van der Waals surface area (Å²) in [5.41, 5.74) is -0.334. The number of benzene rings is 1. The Hall–Kier alpha value is -2.31. The Balaban J connectivity index is 1.83. The SMILES string of the molecule is C[C@H](OC(=O)/C=C/c1ccc(C(F)(F)F)cc1)C(=O)NC1CCCCC1. The topological polar surface area (TPSA) is 55.4 Å². The van der Waals surface area contributed by atoms with Gasteiger partial charge in [0.05, 0.1) is 5.56 Å². The fourth-order valence-electron chi connectivity index (χ4n) is 2.78. The van der Waals surface area contributed by atoms with Crippen molar-refractivity contribution in [2.24, 2.45) is 0 Å². The molecule has 0 saturated heterocycles. The number of halogens is 3. The van der Waals surface area contributed by atoms with E-state index in [1.165, 1.54) is 31.6 Å². The highest BCUT2D eigenvalue weighted by Gasteiger charge is 2.29. The van der Waals surface area contributed by atoms with Gasteiger partial charge in [-0.2, -0.15) is 13.2 Å². The van der Waals surface area contributed by atoms with Crippen molar-refractivity contribution in [2.45, 2.75) is 57.3 Å². The van der Waals surface area contributed by atoms with Crippen LogP contribution in [0.15, 0.2) is 30.3 Å². The first-order chi connectivity index (χ1) is 12.3. The smallest absolute Gasteiger partial charge is 0.416 e. The molecule has 1 N–H and O–H groups in total. The Labute approximate surface area is 150 Å². The summed E-state index contributed by atoms with van der Waals surface area (Å²) in [6.07, 6.45) is 2.29. The second-order valence-electron chi connectivity index (χ2n) is 6.38. The second kappa shape index (κ2) is 8.87. The van der Waals surface area contributed by atoms with E-state index in [1.54, 1.807) is 0 Å². The van der Waals surface area contributed by atoms with Gasteiger partial charge in [-0.3, -0.25) is 4.79 Å². The molecule has 142 valence electrons. The number of nitrogens with one attached hydrogen (secondary N) is 1. The summed E-state index contributed by atoms with van der Waals surface area (Å²) >= 11 is 0. The van der Waals surface area contributed by atoms with Gasteiger partial charge in [-0.25, -0.2) is 4.79 Å². The second-order valence-corrected chi connectivity index (χ2v) is 6.38. The molecule has 1 aliphatic rings. The van der Waals surface area contributed by atoms with Gasteiger partial charge in [-0.05, 0) is 43.5 Å². The van der Waals surface area contributed by atoms with Gasteiger partial charge >= 0.3 is 12.1 Å². The summed E-state index contributed by atoms with van der Waals surface area (Å²) in [4.78, 5) is 23.8. The summed E-state index contributed by atoms with van der Waals surface area (Å²) in [6, 6.07) is 4.51. The zero-order chi connectivity index (χ0) is 19.2. The monoisotopic (exact) mass is 369 g/mol. The number of carbonyl (C=O) groups is 2. The van der Waals surface area contributed by atoms with Gasteiger partial charge in [0.25, 0.3) is 5.91 Å². The van der Waals surface area contributed by atoms with E-state index in [1.807, 2.05) is 0 Å². The first-order valence-electron chi connectivity index (χ1n) is 8.62. The number of ether oxygens (including phenoxy) is 1. The van der Waals surface area contributed by atoms with E-state index in [0.717, 1.165) is 43.9 Å². The molecule has 7 heteroatoms. The van der Waals surface area contributed by atoms with Gasteiger partial charge in [0.15, 0.2) is 6.10 Å². The lowest BCUT2D eigenvalue weighted by molar-refractivity contribution is -0.150. The quantitative estimate of drug-likeness (QED) is 0.628. The maximum absolute atomic E-state index is 12.5. The fraction of sp³-hybridized carbons (Fsp3) is 0.474. The van der Waals surface area contributed by atoms with Gasteiger partial charge in [-0.15, -0.1) is 0 Å². The first kappa shape index (κ1) is 20.0. The van der Waals surface area contributed by atoms with Crippen molar-refractivity contribution in [1.82, 2.24) is 5.32 Å². The molecule has 0 aromatic heterocycles. The fourth-order valence-corrected chi connectivity index (χ4v) is 2.78. The number of alkyl halides is 3. The molecular formula is C19H22F3NO3. The van der Waals surface area contributed by atoms with E-state index in [4.69, 9.17) is 4.74 Å². The van der Waals surface area contributed by atoms with Gasteiger partial charge in [0.1, 0.15) is 0 Å². The molecule has 1 aromatic rings. The van der Waals surface area contributed by atoms with E-state index < -0.39 is 23.8 Å². The normalized spacial score (nSPS) is 17.1. The van der Waals surface area contributed by atoms with Crippen LogP contribution < -0.4 is 5.32 Å². The summed E-state index contributed by atoms with van der Waals surface area (Å²) in [7, 11) is 0. The minimum Gasteiger partial charge on any atom is -0.449 e. The van der Waals surface area contributed by atoms with E-state index >= 15 is 0 Å². The maximum Gasteiger partial charge on any atom is 0.416 e. The van der Waals surface area contributed by atoms with Crippen molar-refractivity contribution in [3.05, 3.63) is 41.5 Å². The van der Waals surface area contributed by atoms with Crippen molar-refractivity contribution >= 4 is 18.0 Å². The van der Waals surface area contributed by atoms with E-state index in [0.29, 0.717) is 5.56 Å². The molecule has 1 atom stereocenters. The highest BCUT2D eigenvalue weighted by Crippen LogP contribution is 2.29. The average molecular weight is 369 g/mol. The average Bonchev–Trinajstić information content (AvgIpc) is 2.60. The molecule has 1 aliphatic carbocycles. The van der Waals surface area contributed by atoms with Crippen LogP contribution in [0.3, 0.4) is 0 Å². The molecule has 0 radical (unpaired) electrons. The van der Waals surface area contributed by atoms with Crippen molar-refractivity contribution in [1.29, 1.82) is 0 Å². The van der Waals surface area contributed by atoms with Crippen LogP contribution in [-0.2, 0) is 20.5 Å².